The maximum absolute atomic E-state index is 13.8. The van der Waals surface area contributed by atoms with E-state index in [2.05, 4.69) is 61.4 Å². The molecule has 7 heteroatoms. The van der Waals surface area contributed by atoms with E-state index in [4.69, 9.17) is 9.47 Å². The molecule has 2 aromatic carbocycles. The Bertz CT molecular complexity index is 1540. The molecule has 1 aliphatic heterocycles. The number of rotatable bonds is 6. The predicted octanol–water partition coefficient (Wildman–Crippen LogP) is 5.48. The maximum atomic E-state index is 13.8. The fourth-order valence-corrected chi connectivity index (χ4v) is 4.99. The van der Waals surface area contributed by atoms with E-state index in [0.29, 0.717) is 29.7 Å². The van der Waals surface area contributed by atoms with Gasteiger partial charge in [0.1, 0.15) is 11.6 Å². The van der Waals surface area contributed by atoms with Crippen LogP contribution >= 0.6 is 0 Å². The second-order valence-corrected chi connectivity index (χ2v) is 9.91. The standard InChI is InChI=1S/C30H32N4O3/c1-19-8-11-22(12-9-19)18-34-28-24(17-32-34)27(23-13-10-20(2)21(3)15-23)29(33(4)30(28)35)25(16-31)37-26-7-5-6-14-36-26/h8-13,15,17,25-26H,5-7,14,18H2,1-4H3. The molecule has 1 fully saturated rings. The monoisotopic (exact) mass is 496 g/mol. The van der Waals surface area contributed by atoms with Gasteiger partial charge in [-0.25, -0.2) is 0 Å². The Balaban J connectivity index is 1.71. The lowest BCUT2D eigenvalue weighted by Gasteiger charge is -2.27. The van der Waals surface area contributed by atoms with Crippen LogP contribution < -0.4 is 5.56 Å². The highest BCUT2D eigenvalue weighted by atomic mass is 16.7. The van der Waals surface area contributed by atoms with Crippen LogP contribution in [0.2, 0.25) is 0 Å². The molecule has 0 N–H and O–H groups in total. The Labute approximate surface area is 216 Å². The van der Waals surface area contributed by atoms with Gasteiger partial charge < -0.3 is 14.0 Å². The molecule has 190 valence electrons. The van der Waals surface area contributed by atoms with E-state index >= 15 is 0 Å². The third-order valence-electron chi connectivity index (χ3n) is 7.27. The average molecular weight is 497 g/mol. The van der Waals surface area contributed by atoms with Crippen LogP contribution in [-0.2, 0) is 23.1 Å². The summed E-state index contributed by atoms with van der Waals surface area (Å²) >= 11 is 0. The van der Waals surface area contributed by atoms with Gasteiger partial charge in [-0.1, -0.05) is 48.0 Å². The molecule has 1 saturated heterocycles. The minimum absolute atomic E-state index is 0.212. The number of pyridine rings is 1. The van der Waals surface area contributed by atoms with Crippen molar-refractivity contribution in [1.29, 1.82) is 5.26 Å². The van der Waals surface area contributed by atoms with Crippen LogP contribution in [0.25, 0.3) is 22.0 Å². The summed E-state index contributed by atoms with van der Waals surface area (Å²) in [6.45, 7) is 7.26. The van der Waals surface area contributed by atoms with Gasteiger partial charge in [-0.15, -0.1) is 0 Å². The number of nitriles is 1. The number of aryl methyl sites for hydroxylation is 3. The molecule has 37 heavy (non-hydrogen) atoms. The molecule has 1 aliphatic rings. The van der Waals surface area contributed by atoms with Crippen molar-refractivity contribution in [2.75, 3.05) is 6.61 Å². The van der Waals surface area contributed by atoms with E-state index in [1.54, 1.807) is 22.5 Å². The first-order valence-corrected chi connectivity index (χ1v) is 12.8. The highest BCUT2D eigenvalue weighted by Gasteiger charge is 2.29. The van der Waals surface area contributed by atoms with E-state index < -0.39 is 12.4 Å². The van der Waals surface area contributed by atoms with Gasteiger partial charge >= 0.3 is 0 Å². The zero-order chi connectivity index (χ0) is 26.1. The molecule has 0 amide bonds. The summed E-state index contributed by atoms with van der Waals surface area (Å²) in [6.07, 6.45) is 2.99. The van der Waals surface area contributed by atoms with Crippen LogP contribution in [-0.4, -0.2) is 27.2 Å². The first kappa shape index (κ1) is 24.9. The smallest absolute Gasteiger partial charge is 0.276 e. The van der Waals surface area contributed by atoms with Gasteiger partial charge in [0, 0.05) is 24.6 Å². The first-order chi connectivity index (χ1) is 17.9. The van der Waals surface area contributed by atoms with Gasteiger partial charge in [-0.05, 0) is 62.3 Å². The summed E-state index contributed by atoms with van der Waals surface area (Å²) in [4.78, 5) is 13.8. The molecular weight excluding hydrogens is 464 g/mol. The molecule has 3 heterocycles. The van der Waals surface area contributed by atoms with Crippen molar-refractivity contribution in [3.05, 3.63) is 87.0 Å². The second-order valence-electron chi connectivity index (χ2n) is 9.91. The van der Waals surface area contributed by atoms with Crippen LogP contribution in [0.3, 0.4) is 0 Å². The summed E-state index contributed by atoms with van der Waals surface area (Å²) in [7, 11) is 1.71. The van der Waals surface area contributed by atoms with Crippen LogP contribution in [0.5, 0.6) is 0 Å². The number of benzene rings is 2. The first-order valence-electron chi connectivity index (χ1n) is 12.8. The molecular formula is C30H32N4O3. The zero-order valence-corrected chi connectivity index (χ0v) is 21.8. The summed E-state index contributed by atoms with van der Waals surface area (Å²) in [5.41, 5.74) is 7.05. The molecule has 0 bridgehead atoms. The third kappa shape index (κ3) is 4.83. The fraction of sp³-hybridized carbons (Fsp3) is 0.367. The van der Waals surface area contributed by atoms with Crippen molar-refractivity contribution in [3.8, 4) is 17.2 Å². The lowest BCUT2D eigenvalue weighted by Crippen LogP contribution is -2.29. The molecule has 2 atom stereocenters. The summed E-state index contributed by atoms with van der Waals surface area (Å²) in [5, 5.41) is 15.6. The lowest BCUT2D eigenvalue weighted by molar-refractivity contribution is -0.179. The summed E-state index contributed by atoms with van der Waals surface area (Å²) in [5.74, 6) is 0. The van der Waals surface area contributed by atoms with E-state index in [0.717, 1.165) is 41.5 Å². The minimum Gasteiger partial charge on any atom is -0.353 e. The highest BCUT2D eigenvalue weighted by Crippen LogP contribution is 2.37. The molecule has 0 aliphatic carbocycles. The SMILES string of the molecule is Cc1ccc(Cn2ncc3c(-c4ccc(C)c(C)c4)c(C(C#N)OC4CCCCO4)n(C)c(=O)c32)cc1. The molecule has 0 radical (unpaired) electrons. The minimum atomic E-state index is -0.970. The Morgan fingerprint density at radius 3 is 2.59 bits per heavy atom. The van der Waals surface area contributed by atoms with E-state index in [-0.39, 0.29) is 5.56 Å². The normalized spacial score (nSPS) is 16.6. The predicted molar refractivity (Wildman–Crippen MR) is 143 cm³/mol. The molecule has 4 aromatic rings. The number of nitrogens with zero attached hydrogens (tertiary/aromatic N) is 4. The van der Waals surface area contributed by atoms with Crippen molar-refractivity contribution in [3.63, 3.8) is 0 Å². The van der Waals surface area contributed by atoms with Crippen molar-refractivity contribution in [2.24, 2.45) is 7.05 Å². The molecule has 0 saturated carbocycles. The number of aromatic nitrogens is 3. The molecule has 2 aromatic heterocycles. The van der Waals surface area contributed by atoms with Crippen LogP contribution in [0.15, 0.2) is 53.5 Å². The van der Waals surface area contributed by atoms with Gasteiger partial charge in [-0.3, -0.25) is 9.48 Å². The second kappa shape index (κ2) is 10.3. The fourth-order valence-electron chi connectivity index (χ4n) is 4.99. The highest BCUT2D eigenvalue weighted by molar-refractivity contribution is 5.96. The average Bonchev–Trinajstić information content (AvgIpc) is 3.32. The topological polar surface area (TPSA) is 82.1 Å². The Kier molecular flexibility index (Phi) is 6.96. The zero-order valence-electron chi connectivity index (χ0n) is 21.8. The van der Waals surface area contributed by atoms with Crippen LogP contribution in [0, 0.1) is 32.1 Å². The number of fused-ring (bicyclic) bond motifs is 1. The quantitative estimate of drug-likeness (QED) is 0.353. The lowest BCUT2D eigenvalue weighted by atomic mass is 9.94. The van der Waals surface area contributed by atoms with Crippen molar-refractivity contribution in [1.82, 2.24) is 14.3 Å². The summed E-state index contributed by atoms with van der Waals surface area (Å²) in [6, 6.07) is 16.7. The molecule has 7 nitrogen and oxygen atoms in total. The van der Waals surface area contributed by atoms with Gasteiger partial charge in [0.25, 0.3) is 5.56 Å². The Hall–Kier alpha value is -3.73. The Morgan fingerprint density at radius 2 is 1.92 bits per heavy atom. The van der Waals surface area contributed by atoms with E-state index in [9.17, 15) is 10.1 Å². The van der Waals surface area contributed by atoms with E-state index in [1.807, 2.05) is 13.0 Å². The van der Waals surface area contributed by atoms with Crippen molar-refractivity contribution in [2.45, 2.75) is 59.0 Å². The number of hydrogen-bond acceptors (Lipinski definition) is 5. The number of ether oxygens (including phenoxy) is 2. The van der Waals surface area contributed by atoms with Gasteiger partial charge in [0.05, 0.1) is 18.4 Å². The van der Waals surface area contributed by atoms with Crippen molar-refractivity contribution < 1.29 is 9.47 Å². The van der Waals surface area contributed by atoms with Crippen LogP contribution in [0.4, 0.5) is 0 Å². The molecule has 5 rings (SSSR count). The number of hydrogen-bond donors (Lipinski definition) is 0. The van der Waals surface area contributed by atoms with Gasteiger partial charge in [-0.2, -0.15) is 10.4 Å². The Morgan fingerprint density at radius 1 is 1.14 bits per heavy atom. The van der Waals surface area contributed by atoms with Crippen LogP contribution in [0.1, 0.15) is 53.3 Å². The van der Waals surface area contributed by atoms with E-state index in [1.165, 1.54) is 11.1 Å². The largest absolute Gasteiger partial charge is 0.353 e. The summed E-state index contributed by atoms with van der Waals surface area (Å²) < 4.78 is 15.2. The third-order valence-corrected chi connectivity index (χ3v) is 7.27. The van der Waals surface area contributed by atoms with Gasteiger partial charge in [0.15, 0.2) is 12.4 Å². The van der Waals surface area contributed by atoms with Gasteiger partial charge in [0.2, 0.25) is 0 Å². The van der Waals surface area contributed by atoms with Crippen molar-refractivity contribution >= 4 is 10.9 Å². The molecule has 0 spiro atoms. The maximum Gasteiger partial charge on any atom is 0.276 e. The molecule has 2 unspecified atom stereocenters.